The Kier molecular flexibility index (Phi) is 9.04. The standard InChI is InChI=1S/C33H37NO5S/c1-21-16-26(17-22(2)31(21)39-33(4,5)23(3)35)28-18-34(32(37)38-20-24-10-8-7-9-11-24)19-29(28)30(36)25-12-14-27(40-6)15-13-25/h7-17,28-29H,18-20H2,1-6H3/t28-,29+/m1/s1. The predicted octanol–water partition coefficient (Wildman–Crippen LogP) is 7.01. The van der Waals surface area contributed by atoms with Crippen molar-refractivity contribution in [2.24, 2.45) is 5.92 Å². The number of ketones is 2. The highest BCUT2D eigenvalue weighted by Gasteiger charge is 2.41. The summed E-state index contributed by atoms with van der Waals surface area (Å²) in [6, 6.07) is 21.2. The molecule has 0 saturated carbocycles. The van der Waals surface area contributed by atoms with Crippen LogP contribution in [0, 0.1) is 19.8 Å². The highest BCUT2D eigenvalue weighted by atomic mass is 32.2. The minimum Gasteiger partial charge on any atom is -0.480 e. The van der Waals surface area contributed by atoms with Crippen LogP contribution in [-0.4, -0.2) is 47.5 Å². The zero-order chi connectivity index (χ0) is 29.0. The van der Waals surface area contributed by atoms with E-state index in [1.54, 1.807) is 30.5 Å². The summed E-state index contributed by atoms with van der Waals surface area (Å²) in [5.74, 6) is -0.0390. The van der Waals surface area contributed by atoms with Gasteiger partial charge in [0.15, 0.2) is 17.2 Å². The lowest BCUT2D eigenvalue weighted by Gasteiger charge is -2.27. The van der Waals surface area contributed by atoms with Crippen molar-refractivity contribution >= 4 is 29.4 Å². The molecule has 3 aromatic rings. The zero-order valence-corrected chi connectivity index (χ0v) is 24.8. The van der Waals surface area contributed by atoms with E-state index in [1.165, 1.54) is 6.92 Å². The van der Waals surface area contributed by atoms with Gasteiger partial charge in [0.1, 0.15) is 12.4 Å². The first-order valence-electron chi connectivity index (χ1n) is 13.4. The number of thioether (sulfide) groups is 1. The lowest BCUT2D eigenvalue weighted by molar-refractivity contribution is -0.129. The SMILES string of the molecule is CSc1ccc(C(=O)[C@H]2CN(C(=O)OCc3ccccc3)C[C@@H]2c2cc(C)c(OC(C)(C)C(C)=O)c(C)c2)cc1. The molecule has 0 aliphatic carbocycles. The van der Waals surface area contributed by atoms with E-state index in [9.17, 15) is 14.4 Å². The molecule has 0 bridgehead atoms. The normalized spacial score (nSPS) is 17.0. The second kappa shape index (κ2) is 12.3. The van der Waals surface area contributed by atoms with E-state index >= 15 is 0 Å². The van der Waals surface area contributed by atoms with Crippen molar-refractivity contribution in [2.75, 3.05) is 19.3 Å². The number of nitrogens with zero attached hydrogens (tertiary/aromatic N) is 1. The highest BCUT2D eigenvalue weighted by molar-refractivity contribution is 7.98. The number of aryl methyl sites for hydroxylation is 2. The van der Waals surface area contributed by atoms with Crippen LogP contribution in [0.1, 0.15) is 59.3 Å². The predicted molar refractivity (Wildman–Crippen MR) is 158 cm³/mol. The van der Waals surface area contributed by atoms with Crippen LogP contribution < -0.4 is 4.74 Å². The lowest BCUT2D eigenvalue weighted by Crippen LogP contribution is -2.36. The molecule has 0 N–H and O–H groups in total. The van der Waals surface area contributed by atoms with E-state index in [0.717, 1.165) is 27.1 Å². The molecule has 0 aromatic heterocycles. The van der Waals surface area contributed by atoms with Crippen molar-refractivity contribution in [1.82, 2.24) is 4.90 Å². The second-order valence-electron chi connectivity index (χ2n) is 10.9. The summed E-state index contributed by atoms with van der Waals surface area (Å²) in [6.45, 7) is 9.74. The summed E-state index contributed by atoms with van der Waals surface area (Å²) >= 11 is 1.62. The first kappa shape index (κ1) is 29.4. The molecule has 7 heteroatoms. The first-order valence-corrected chi connectivity index (χ1v) is 14.7. The van der Waals surface area contributed by atoms with Gasteiger partial charge in [0.2, 0.25) is 0 Å². The van der Waals surface area contributed by atoms with Gasteiger partial charge < -0.3 is 14.4 Å². The third-order valence-electron chi connectivity index (χ3n) is 7.61. The van der Waals surface area contributed by atoms with Crippen molar-refractivity contribution in [1.29, 1.82) is 0 Å². The Morgan fingerprint density at radius 1 is 0.950 bits per heavy atom. The molecule has 40 heavy (non-hydrogen) atoms. The van der Waals surface area contributed by atoms with Gasteiger partial charge in [-0.3, -0.25) is 9.59 Å². The molecule has 6 nitrogen and oxygen atoms in total. The molecule has 1 heterocycles. The van der Waals surface area contributed by atoms with E-state index in [-0.39, 0.29) is 30.6 Å². The van der Waals surface area contributed by atoms with Crippen LogP contribution >= 0.6 is 11.8 Å². The fourth-order valence-electron chi connectivity index (χ4n) is 5.02. The Morgan fingerprint density at radius 3 is 2.15 bits per heavy atom. The molecule has 1 aliphatic rings. The fourth-order valence-corrected chi connectivity index (χ4v) is 5.43. The molecule has 2 atom stereocenters. The van der Waals surface area contributed by atoms with Gasteiger partial charge >= 0.3 is 6.09 Å². The maximum absolute atomic E-state index is 13.8. The number of amides is 1. The molecule has 1 fully saturated rings. The number of carbonyl (C=O) groups is 3. The number of hydrogen-bond donors (Lipinski definition) is 0. The summed E-state index contributed by atoms with van der Waals surface area (Å²) in [4.78, 5) is 41.8. The molecule has 4 rings (SSSR count). The summed E-state index contributed by atoms with van der Waals surface area (Å²) in [5, 5.41) is 0. The zero-order valence-electron chi connectivity index (χ0n) is 24.0. The van der Waals surface area contributed by atoms with Crippen LogP contribution in [0.5, 0.6) is 5.75 Å². The van der Waals surface area contributed by atoms with Crippen LogP contribution in [0.2, 0.25) is 0 Å². The van der Waals surface area contributed by atoms with Crippen LogP contribution in [-0.2, 0) is 16.1 Å². The minimum atomic E-state index is -0.953. The van der Waals surface area contributed by atoms with Gasteiger partial charge in [-0.25, -0.2) is 4.79 Å². The molecule has 0 unspecified atom stereocenters. The fraction of sp³-hybridized carbons (Fsp3) is 0.364. The molecular formula is C33H37NO5S. The van der Waals surface area contributed by atoms with Crippen molar-refractivity contribution in [3.63, 3.8) is 0 Å². The monoisotopic (exact) mass is 559 g/mol. The Hall–Kier alpha value is -3.58. The quantitative estimate of drug-likeness (QED) is 0.207. The Labute approximate surface area is 241 Å². The topological polar surface area (TPSA) is 72.9 Å². The van der Waals surface area contributed by atoms with E-state index < -0.39 is 17.6 Å². The van der Waals surface area contributed by atoms with Gasteiger partial charge in [0.25, 0.3) is 0 Å². The van der Waals surface area contributed by atoms with Crippen LogP contribution in [0.15, 0.2) is 71.6 Å². The number of Topliss-reactive ketones (excluding diaryl/α,β-unsaturated/α-hetero) is 2. The molecule has 0 radical (unpaired) electrons. The number of ether oxygens (including phenoxy) is 2. The summed E-state index contributed by atoms with van der Waals surface area (Å²) in [7, 11) is 0. The van der Waals surface area contributed by atoms with Crippen molar-refractivity contribution < 1.29 is 23.9 Å². The molecule has 1 aliphatic heterocycles. The number of likely N-dealkylation sites (tertiary alicyclic amines) is 1. The highest BCUT2D eigenvalue weighted by Crippen LogP contribution is 2.39. The number of hydrogen-bond acceptors (Lipinski definition) is 6. The summed E-state index contributed by atoms with van der Waals surface area (Å²) in [6.07, 6.45) is 1.57. The van der Waals surface area contributed by atoms with Crippen LogP contribution in [0.4, 0.5) is 4.79 Å². The van der Waals surface area contributed by atoms with Gasteiger partial charge in [-0.2, -0.15) is 0 Å². The van der Waals surface area contributed by atoms with Crippen LogP contribution in [0.25, 0.3) is 0 Å². The van der Waals surface area contributed by atoms with Crippen molar-refractivity contribution in [3.05, 3.63) is 94.5 Å². The average Bonchev–Trinajstić information content (AvgIpc) is 3.39. The number of benzene rings is 3. The van der Waals surface area contributed by atoms with Crippen LogP contribution in [0.3, 0.4) is 0 Å². The van der Waals surface area contributed by atoms with E-state index in [4.69, 9.17) is 9.47 Å². The van der Waals surface area contributed by atoms with E-state index in [2.05, 4.69) is 0 Å². The van der Waals surface area contributed by atoms with E-state index in [0.29, 0.717) is 17.9 Å². The van der Waals surface area contributed by atoms with Gasteiger partial charge in [0, 0.05) is 35.4 Å². The minimum absolute atomic E-state index is 0.00404. The van der Waals surface area contributed by atoms with Crippen molar-refractivity contribution in [3.8, 4) is 5.75 Å². The number of rotatable bonds is 9. The largest absolute Gasteiger partial charge is 0.480 e. The molecule has 0 spiro atoms. The van der Waals surface area contributed by atoms with Gasteiger partial charge in [0.05, 0.1) is 0 Å². The second-order valence-corrected chi connectivity index (χ2v) is 11.8. The molecular weight excluding hydrogens is 522 g/mol. The maximum atomic E-state index is 13.8. The summed E-state index contributed by atoms with van der Waals surface area (Å²) in [5.41, 5.74) is 3.30. The van der Waals surface area contributed by atoms with E-state index in [1.807, 2.05) is 86.8 Å². The van der Waals surface area contributed by atoms with Crippen molar-refractivity contribution in [2.45, 2.75) is 57.6 Å². The van der Waals surface area contributed by atoms with Gasteiger partial charge in [-0.1, -0.05) is 54.6 Å². The first-order chi connectivity index (χ1) is 19.0. The Morgan fingerprint density at radius 2 is 1.57 bits per heavy atom. The summed E-state index contributed by atoms with van der Waals surface area (Å²) < 4.78 is 11.8. The molecule has 1 saturated heterocycles. The third-order valence-corrected chi connectivity index (χ3v) is 8.35. The third kappa shape index (κ3) is 6.58. The lowest BCUT2D eigenvalue weighted by atomic mass is 9.82. The smallest absolute Gasteiger partial charge is 0.410 e. The van der Waals surface area contributed by atoms with Gasteiger partial charge in [-0.15, -0.1) is 11.8 Å². The average molecular weight is 560 g/mol. The molecule has 3 aromatic carbocycles. The number of carbonyl (C=O) groups excluding carboxylic acids is 3. The Balaban J connectivity index is 1.63. The maximum Gasteiger partial charge on any atom is 0.410 e. The Bertz CT molecular complexity index is 1360. The molecule has 1 amide bonds. The van der Waals surface area contributed by atoms with Gasteiger partial charge in [-0.05, 0) is 75.3 Å². The molecule has 210 valence electrons.